The van der Waals surface area contributed by atoms with Gasteiger partial charge in [-0.2, -0.15) is 0 Å². The Morgan fingerprint density at radius 2 is 1.73 bits per heavy atom. The fourth-order valence-corrected chi connectivity index (χ4v) is 6.23. The van der Waals surface area contributed by atoms with E-state index in [1.807, 2.05) is 0 Å². The molecule has 4 rings (SSSR count). The van der Waals surface area contributed by atoms with Gasteiger partial charge in [-0.25, -0.2) is 13.1 Å². The smallest absolute Gasteiger partial charge is 0.290 e. The summed E-state index contributed by atoms with van der Waals surface area (Å²) >= 11 is 12.7. The minimum Gasteiger partial charge on any atom is -0.396 e. The second-order valence-corrected chi connectivity index (χ2v) is 12.0. The number of nitrogens with zero attached hydrogens (tertiary/aromatic N) is 1. The molecule has 37 heavy (non-hydrogen) atoms. The van der Waals surface area contributed by atoms with Crippen LogP contribution in [0.25, 0.3) is 5.57 Å². The number of hydrogen-bond acceptors (Lipinski definition) is 7. The van der Waals surface area contributed by atoms with Crippen LogP contribution in [0.1, 0.15) is 36.8 Å². The van der Waals surface area contributed by atoms with Crippen molar-refractivity contribution < 1.29 is 27.9 Å². The SMILES string of the molecule is O=C1NC(=O)C(=C2C(=O)N(Cc3ccc(Cl)c(Cl)c3)c3ccc(S(=O)(=O)NCCCCCCO)cc32)S1. The first-order valence-corrected chi connectivity index (χ1v) is 14.5. The topological polar surface area (TPSA) is 133 Å². The molecule has 0 unspecified atom stereocenters. The van der Waals surface area contributed by atoms with Crippen molar-refractivity contribution in [3.05, 3.63) is 62.5 Å². The molecule has 2 heterocycles. The summed E-state index contributed by atoms with van der Waals surface area (Å²) in [7, 11) is -3.91. The van der Waals surface area contributed by atoms with Gasteiger partial charge < -0.3 is 10.0 Å². The van der Waals surface area contributed by atoms with Crippen LogP contribution in [0.2, 0.25) is 10.0 Å². The number of imide groups is 1. The Morgan fingerprint density at radius 3 is 2.41 bits per heavy atom. The van der Waals surface area contributed by atoms with Gasteiger partial charge in [0.2, 0.25) is 10.0 Å². The summed E-state index contributed by atoms with van der Waals surface area (Å²) in [6.07, 6.45) is 2.83. The maximum Gasteiger partial charge on any atom is 0.290 e. The fourth-order valence-electron chi connectivity index (χ4n) is 4.03. The van der Waals surface area contributed by atoms with Gasteiger partial charge in [-0.1, -0.05) is 42.1 Å². The lowest BCUT2D eigenvalue weighted by molar-refractivity contribution is -0.116. The highest BCUT2D eigenvalue weighted by molar-refractivity contribution is 8.18. The van der Waals surface area contributed by atoms with Crippen LogP contribution in [0.4, 0.5) is 10.5 Å². The van der Waals surface area contributed by atoms with Crippen molar-refractivity contribution in [1.29, 1.82) is 0 Å². The molecule has 0 spiro atoms. The molecule has 1 fully saturated rings. The van der Waals surface area contributed by atoms with Crippen molar-refractivity contribution in [3.63, 3.8) is 0 Å². The van der Waals surface area contributed by atoms with E-state index in [1.54, 1.807) is 18.2 Å². The molecule has 0 radical (unpaired) electrons. The molecule has 196 valence electrons. The third kappa shape index (κ3) is 6.02. The molecule has 9 nitrogen and oxygen atoms in total. The zero-order valence-electron chi connectivity index (χ0n) is 19.4. The summed E-state index contributed by atoms with van der Waals surface area (Å²) < 4.78 is 28.5. The summed E-state index contributed by atoms with van der Waals surface area (Å²) in [6, 6.07) is 9.16. The lowest BCUT2D eigenvalue weighted by Crippen LogP contribution is -2.26. The van der Waals surface area contributed by atoms with Crippen molar-refractivity contribution in [2.75, 3.05) is 18.1 Å². The minimum absolute atomic E-state index is 0.0375. The summed E-state index contributed by atoms with van der Waals surface area (Å²) in [4.78, 5) is 39.1. The van der Waals surface area contributed by atoms with Crippen LogP contribution in [0.3, 0.4) is 0 Å². The third-order valence-electron chi connectivity index (χ3n) is 5.84. The van der Waals surface area contributed by atoms with Gasteiger partial charge >= 0.3 is 0 Å². The second-order valence-electron chi connectivity index (χ2n) is 8.40. The van der Waals surface area contributed by atoms with E-state index in [2.05, 4.69) is 10.0 Å². The standard InChI is InChI=1S/C24H23Cl2N3O6S2/c25-17-7-5-14(11-18(17)26)13-29-19-8-6-15(37(34,35)27-9-3-1-2-4-10-30)12-16(19)20(23(29)32)21-22(31)28-24(33)36-21/h5-8,11-12,27,30H,1-4,9-10,13H2,(H,28,31,33). The van der Waals surface area contributed by atoms with Crippen molar-refractivity contribution in [2.24, 2.45) is 0 Å². The van der Waals surface area contributed by atoms with Gasteiger partial charge in [-0.05, 0) is 60.5 Å². The number of carbonyl (C=O) groups excluding carboxylic acids is 3. The number of nitrogens with one attached hydrogen (secondary N) is 2. The number of aliphatic hydroxyl groups excluding tert-OH is 1. The zero-order chi connectivity index (χ0) is 26.7. The molecule has 0 aliphatic carbocycles. The Labute approximate surface area is 228 Å². The first-order chi connectivity index (χ1) is 17.6. The monoisotopic (exact) mass is 583 g/mol. The molecule has 13 heteroatoms. The molecule has 1 saturated heterocycles. The highest BCUT2D eigenvalue weighted by atomic mass is 35.5. The molecule has 2 aliphatic rings. The van der Waals surface area contributed by atoms with Gasteiger partial charge in [0.25, 0.3) is 17.1 Å². The van der Waals surface area contributed by atoms with E-state index in [4.69, 9.17) is 28.3 Å². The molecule has 0 atom stereocenters. The van der Waals surface area contributed by atoms with E-state index < -0.39 is 27.1 Å². The maximum atomic E-state index is 13.5. The number of unbranched alkanes of at least 4 members (excludes halogenated alkanes) is 3. The highest BCUT2D eigenvalue weighted by Crippen LogP contribution is 2.44. The molecule has 2 aromatic carbocycles. The van der Waals surface area contributed by atoms with Crippen LogP contribution >= 0.6 is 35.0 Å². The van der Waals surface area contributed by atoms with Crippen LogP contribution < -0.4 is 14.9 Å². The van der Waals surface area contributed by atoms with Crippen LogP contribution in [0, 0.1) is 0 Å². The number of rotatable bonds is 10. The number of thioether (sulfide) groups is 1. The number of sulfonamides is 1. The van der Waals surface area contributed by atoms with Crippen molar-refractivity contribution in [3.8, 4) is 0 Å². The molecular weight excluding hydrogens is 561 g/mol. The van der Waals surface area contributed by atoms with Gasteiger partial charge in [0, 0.05) is 18.7 Å². The molecule has 3 N–H and O–H groups in total. The Morgan fingerprint density at radius 1 is 0.973 bits per heavy atom. The molecule has 2 aliphatic heterocycles. The first-order valence-electron chi connectivity index (χ1n) is 11.4. The number of aliphatic hydroxyl groups is 1. The van der Waals surface area contributed by atoms with Crippen molar-refractivity contribution in [1.82, 2.24) is 10.0 Å². The molecular formula is C24H23Cl2N3O6S2. The van der Waals surface area contributed by atoms with Crippen molar-refractivity contribution >= 4 is 73.3 Å². The predicted molar refractivity (Wildman–Crippen MR) is 143 cm³/mol. The highest BCUT2D eigenvalue weighted by Gasteiger charge is 2.40. The Balaban J connectivity index is 1.68. The average molecular weight is 585 g/mol. The maximum absolute atomic E-state index is 13.5. The van der Waals surface area contributed by atoms with Gasteiger partial charge in [0.05, 0.1) is 37.7 Å². The normalized spacial score (nSPS) is 17.5. The number of amides is 3. The number of fused-ring (bicyclic) bond motifs is 1. The predicted octanol–water partition coefficient (Wildman–Crippen LogP) is 4.07. The quantitative estimate of drug-likeness (QED) is 0.283. The largest absolute Gasteiger partial charge is 0.396 e. The molecule has 0 aromatic heterocycles. The van der Waals surface area contributed by atoms with E-state index in [0.717, 1.165) is 12.8 Å². The first kappa shape index (κ1) is 27.6. The molecule has 0 saturated carbocycles. The molecule has 3 amide bonds. The minimum atomic E-state index is -3.91. The number of benzene rings is 2. The number of halogens is 2. The van der Waals surface area contributed by atoms with Crippen LogP contribution in [0.15, 0.2) is 46.2 Å². The van der Waals surface area contributed by atoms with Crippen LogP contribution in [0.5, 0.6) is 0 Å². The second kappa shape index (κ2) is 11.5. The molecule has 0 bridgehead atoms. The van der Waals surface area contributed by atoms with Gasteiger partial charge in [-0.3, -0.25) is 19.7 Å². The zero-order valence-corrected chi connectivity index (χ0v) is 22.6. The van der Waals surface area contributed by atoms with E-state index in [-0.39, 0.29) is 40.6 Å². The van der Waals surface area contributed by atoms with Crippen LogP contribution in [-0.4, -0.2) is 43.7 Å². The summed E-state index contributed by atoms with van der Waals surface area (Å²) in [5, 5.41) is 11.0. The summed E-state index contributed by atoms with van der Waals surface area (Å²) in [6.45, 7) is 0.396. The van der Waals surface area contributed by atoms with Gasteiger partial charge in [0.15, 0.2) is 0 Å². The average Bonchev–Trinajstić information content (AvgIpc) is 3.32. The van der Waals surface area contributed by atoms with E-state index in [1.165, 1.54) is 23.1 Å². The van der Waals surface area contributed by atoms with Crippen molar-refractivity contribution in [2.45, 2.75) is 37.1 Å². The van der Waals surface area contributed by atoms with Gasteiger partial charge in [0.1, 0.15) is 0 Å². The van der Waals surface area contributed by atoms with Gasteiger partial charge in [-0.15, -0.1) is 0 Å². The molecule has 2 aromatic rings. The number of anilines is 1. The van der Waals surface area contributed by atoms with E-state index >= 15 is 0 Å². The Kier molecular flexibility index (Phi) is 8.62. The van der Waals surface area contributed by atoms with E-state index in [9.17, 15) is 22.8 Å². The lowest BCUT2D eigenvalue weighted by atomic mass is 10.1. The van der Waals surface area contributed by atoms with E-state index in [0.29, 0.717) is 45.9 Å². The number of carbonyl (C=O) groups is 3. The third-order valence-corrected chi connectivity index (χ3v) is 8.92. The Bertz CT molecular complexity index is 1410. The Hall–Kier alpha value is -2.41. The lowest BCUT2D eigenvalue weighted by Gasteiger charge is -2.18. The summed E-state index contributed by atoms with van der Waals surface area (Å²) in [5.41, 5.74) is 1.26. The number of hydrogen-bond donors (Lipinski definition) is 3. The van der Waals surface area contributed by atoms with Crippen LogP contribution in [-0.2, 0) is 26.2 Å². The fraction of sp³-hybridized carbons (Fsp3) is 0.292. The summed E-state index contributed by atoms with van der Waals surface area (Å²) in [5.74, 6) is -1.25.